The molecule has 102 valence electrons. The highest BCUT2D eigenvalue weighted by molar-refractivity contribution is 7.91. The maximum atomic E-state index is 12.3. The van der Waals surface area contributed by atoms with Gasteiger partial charge >= 0.3 is 0 Å². The van der Waals surface area contributed by atoms with Crippen LogP contribution in [0.15, 0.2) is 22.1 Å². The first-order valence-electron chi connectivity index (χ1n) is 5.80. The van der Waals surface area contributed by atoms with E-state index in [4.69, 9.17) is 4.52 Å². The van der Waals surface area contributed by atoms with E-state index in [9.17, 15) is 8.42 Å². The SMILES string of the molecule is CCc1noc(C(C)S(=O)(=O)c2ncc(C)cn2)n1. The van der Waals surface area contributed by atoms with Gasteiger partial charge in [-0.05, 0) is 19.4 Å². The second-order valence-corrected chi connectivity index (χ2v) is 6.29. The lowest BCUT2D eigenvalue weighted by molar-refractivity contribution is 0.371. The van der Waals surface area contributed by atoms with Crippen molar-refractivity contribution in [3.05, 3.63) is 29.7 Å². The summed E-state index contributed by atoms with van der Waals surface area (Å²) in [6.07, 6.45) is 3.49. The summed E-state index contributed by atoms with van der Waals surface area (Å²) >= 11 is 0. The van der Waals surface area contributed by atoms with Gasteiger partial charge in [-0.2, -0.15) is 4.98 Å². The average molecular weight is 282 g/mol. The normalized spacial score (nSPS) is 13.4. The smallest absolute Gasteiger partial charge is 0.247 e. The van der Waals surface area contributed by atoms with Crippen molar-refractivity contribution >= 4 is 9.84 Å². The molecule has 0 amide bonds. The number of aromatic nitrogens is 4. The zero-order valence-electron chi connectivity index (χ0n) is 10.9. The van der Waals surface area contributed by atoms with Gasteiger partial charge in [0, 0.05) is 18.8 Å². The van der Waals surface area contributed by atoms with E-state index in [2.05, 4.69) is 20.1 Å². The van der Waals surface area contributed by atoms with E-state index < -0.39 is 15.1 Å². The Kier molecular flexibility index (Phi) is 3.61. The van der Waals surface area contributed by atoms with Crippen LogP contribution in [0.4, 0.5) is 0 Å². The molecule has 0 spiro atoms. The molecule has 1 atom stereocenters. The van der Waals surface area contributed by atoms with E-state index in [1.54, 1.807) is 6.92 Å². The fraction of sp³-hybridized carbons (Fsp3) is 0.455. The third-order valence-electron chi connectivity index (χ3n) is 2.62. The molecule has 0 aliphatic carbocycles. The maximum Gasteiger partial charge on any atom is 0.247 e. The summed E-state index contributed by atoms with van der Waals surface area (Å²) < 4.78 is 29.5. The minimum atomic E-state index is -3.72. The predicted molar refractivity (Wildman–Crippen MR) is 66.0 cm³/mol. The Balaban J connectivity index is 2.36. The quantitative estimate of drug-likeness (QED) is 0.778. The van der Waals surface area contributed by atoms with E-state index in [1.807, 2.05) is 6.92 Å². The average Bonchev–Trinajstić information content (AvgIpc) is 2.87. The van der Waals surface area contributed by atoms with Crippen molar-refractivity contribution < 1.29 is 12.9 Å². The fourth-order valence-electron chi connectivity index (χ4n) is 1.39. The molecular formula is C11H14N4O3S. The van der Waals surface area contributed by atoms with Gasteiger partial charge < -0.3 is 4.52 Å². The Bertz CT molecular complexity index is 664. The second-order valence-electron chi connectivity index (χ2n) is 4.13. The predicted octanol–water partition coefficient (Wildman–Crippen LogP) is 1.27. The van der Waals surface area contributed by atoms with Gasteiger partial charge in [0.25, 0.3) is 0 Å². The first-order chi connectivity index (χ1) is 8.95. The minimum absolute atomic E-state index is 0.0565. The molecule has 7 nitrogen and oxygen atoms in total. The highest BCUT2D eigenvalue weighted by atomic mass is 32.2. The molecule has 0 fully saturated rings. The number of sulfone groups is 1. The maximum absolute atomic E-state index is 12.3. The number of nitrogens with zero attached hydrogens (tertiary/aromatic N) is 4. The molecule has 0 N–H and O–H groups in total. The summed E-state index contributed by atoms with van der Waals surface area (Å²) in [4.78, 5) is 11.7. The molecule has 0 aliphatic rings. The van der Waals surface area contributed by atoms with Gasteiger partial charge in [0.05, 0.1) is 0 Å². The third kappa shape index (κ3) is 2.62. The Morgan fingerprint density at radius 1 is 1.32 bits per heavy atom. The summed E-state index contributed by atoms with van der Waals surface area (Å²) in [7, 11) is -3.72. The summed E-state index contributed by atoms with van der Waals surface area (Å²) in [5.74, 6) is 0.530. The van der Waals surface area contributed by atoms with E-state index in [0.29, 0.717) is 12.2 Å². The standard InChI is InChI=1S/C11H14N4O3S/c1-4-9-14-10(18-15-9)8(3)19(16,17)11-12-5-7(2)6-13-11/h5-6,8H,4H2,1-3H3. The summed E-state index contributed by atoms with van der Waals surface area (Å²) in [5, 5.41) is 2.48. The summed E-state index contributed by atoms with van der Waals surface area (Å²) in [6.45, 7) is 5.12. The van der Waals surface area contributed by atoms with Crippen LogP contribution in [0, 0.1) is 6.92 Å². The molecule has 0 saturated carbocycles. The molecule has 0 saturated heterocycles. The lowest BCUT2D eigenvalue weighted by Crippen LogP contribution is -2.14. The van der Waals surface area contributed by atoms with Crippen molar-refractivity contribution in [3.63, 3.8) is 0 Å². The summed E-state index contributed by atoms with van der Waals surface area (Å²) in [5.41, 5.74) is 0.790. The molecular weight excluding hydrogens is 268 g/mol. The van der Waals surface area contributed by atoms with Crippen molar-refractivity contribution in [2.24, 2.45) is 0 Å². The van der Waals surface area contributed by atoms with E-state index >= 15 is 0 Å². The van der Waals surface area contributed by atoms with Crippen LogP contribution in [-0.4, -0.2) is 28.5 Å². The molecule has 19 heavy (non-hydrogen) atoms. The van der Waals surface area contributed by atoms with Gasteiger partial charge in [-0.15, -0.1) is 0 Å². The first kappa shape index (κ1) is 13.6. The zero-order chi connectivity index (χ0) is 14.0. The highest BCUT2D eigenvalue weighted by Gasteiger charge is 2.32. The van der Waals surface area contributed by atoms with Crippen LogP contribution in [0.25, 0.3) is 0 Å². The number of rotatable bonds is 4. The van der Waals surface area contributed by atoms with Crippen molar-refractivity contribution in [1.82, 2.24) is 20.1 Å². The van der Waals surface area contributed by atoms with Gasteiger partial charge in [0.1, 0.15) is 5.25 Å². The van der Waals surface area contributed by atoms with Gasteiger partial charge in [-0.3, -0.25) is 0 Å². The van der Waals surface area contributed by atoms with Crippen LogP contribution in [0.1, 0.15) is 36.4 Å². The topological polar surface area (TPSA) is 98.8 Å². The van der Waals surface area contributed by atoms with Crippen molar-refractivity contribution in [1.29, 1.82) is 0 Å². The molecule has 8 heteroatoms. The monoisotopic (exact) mass is 282 g/mol. The summed E-state index contributed by atoms with van der Waals surface area (Å²) in [6, 6.07) is 0. The fourth-order valence-corrected chi connectivity index (χ4v) is 2.47. The Labute approximate surface area is 111 Å². The Morgan fingerprint density at radius 3 is 2.47 bits per heavy atom. The molecule has 0 aliphatic heterocycles. The van der Waals surface area contributed by atoms with Crippen LogP contribution in [0.3, 0.4) is 0 Å². The Hall–Kier alpha value is -1.83. The molecule has 1 unspecified atom stereocenters. The third-order valence-corrected chi connectivity index (χ3v) is 4.48. The lowest BCUT2D eigenvalue weighted by Gasteiger charge is -2.06. The van der Waals surface area contributed by atoms with Crippen molar-refractivity contribution in [2.75, 3.05) is 0 Å². The van der Waals surface area contributed by atoms with Crippen LogP contribution >= 0.6 is 0 Å². The van der Waals surface area contributed by atoms with Crippen LogP contribution < -0.4 is 0 Å². The van der Waals surface area contributed by atoms with Gasteiger partial charge in [-0.25, -0.2) is 18.4 Å². The highest BCUT2D eigenvalue weighted by Crippen LogP contribution is 2.24. The zero-order valence-corrected chi connectivity index (χ0v) is 11.7. The molecule has 2 aromatic rings. The minimum Gasteiger partial charge on any atom is -0.338 e. The van der Waals surface area contributed by atoms with Gasteiger partial charge in [-0.1, -0.05) is 12.1 Å². The molecule has 2 aromatic heterocycles. The van der Waals surface area contributed by atoms with Gasteiger partial charge in [0.15, 0.2) is 5.82 Å². The van der Waals surface area contributed by atoms with Crippen molar-refractivity contribution in [3.8, 4) is 0 Å². The number of aryl methyl sites for hydroxylation is 2. The second kappa shape index (κ2) is 5.04. The van der Waals surface area contributed by atoms with Crippen LogP contribution in [-0.2, 0) is 16.3 Å². The molecule has 0 radical (unpaired) electrons. The molecule has 2 rings (SSSR count). The van der Waals surface area contributed by atoms with E-state index in [1.165, 1.54) is 19.3 Å². The first-order valence-corrected chi connectivity index (χ1v) is 7.34. The van der Waals surface area contributed by atoms with Crippen LogP contribution in [0.2, 0.25) is 0 Å². The van der Waals surface area contributed by atoms with E-state index in [-0.39, 0.29) is 11.0 Å². The number of hydrogen-bond donors (Lipinski definition) is 0. The molecule has 0 bridgehead atoms. The largest absolute Gasteiger partial charge is 0.338 e. The van der Waals surface area contributed by atoms with Gasteiger partial charge in [0.2, 0.25) is 20.9 Å². The van der Waals surface area contributed by atoms with Crippen LogP contribution in [0.5, 0.6) is 0 Å². The number of hydrogen-bond acceptors (Lipinski definition) is 7. The lowest BCUT2D eigenvalue weighted by atomic mass is 10.4. The van der Waals surface area contributed by atoms with E-state index in [0.717, 1.165) is 5.56 Å². The Morgan fingerprint density at radius 2 is 1.95 bits per heavy atom. The molecule has 2 heterocycles. The van der Waals surface area contributed by atoms with Crippen molar-refractivity contribution in [2.45, 2.75) is 37.6 Å². The molecule has 0 aromatic carbocycles.